The summed E-state index contributed by atoms with van der Waals surface area (Å²) in [5.74, 6) is -1.06. The van der Waals surface area contributed by atoms with Gasteiger partial charge in [0.05, 0.1) is 18.7 Å². The van der Waals surface area contributed by atoms with Crippen molar-refractivity contribution in [3.63, 3.8) is 0 Å². The summed E-state index contributed by atoms with van der Waals surface area (Å²) < 4.78 is 26.1. The second-order valence-corrected chi connectivity index (χ2v) is 12.0. The van der Waals surface area contributed by atoms with Crippen molar-refractivity contribution in [3.05, 3.63) is 65.5 Å². The van der Waals surface area contributed by atoms with Crippen LogP contribution in [0.1, 0.15) is 49.0 Å². The third-order valence-corrected chi connectivity index (χ3v) is 8.34. The van der Waals surface area contributed by atoms with E-state index in [1.165, 1.54) is 35.8 Å². The summed E-state index contributed by atoms with van der Waals surface area (Å²) in [6.07, 6.45) is -0.735. The Kier molecular flexibility index (Phi) is 11.9. The van der Waals surface area contributed by atoms with Crippen LogP contribution in [0.15, 0.2) is 48.5 Å². The Labute approximate surface area is 254 Å². The van der Waals surface area contributed by atoms with Crippen LogP contribution in [0.2, 0.25) is 0 Å². The molecule has 0 aromatic heterocycles. The van der Waals surface area contributed by atoms with Crippen LogP contribution in [0.4, 0.5) is 10.1 Å². The Balaban J connectivity index is 1.68. The molecule has 2 heterocycles. The van der Waals surface area contributed by atoms with Gasteiger partial charge in [-0.1, -0.05) is 44.2 Å². The molecule has 236 valence electrons. The highest BCUT2D eigenvalue weighted by Crippen LogP contribution is 2.28. The van der Waals surface area contributed by atoms with Gasteiger partial charge in [-0.2, -0.15) is 0 Å². The van der Waals surface area contributed by atoms with E-state index in [9.17, 15) is 24.2 Å². The minimum Gasteiger partial charge on any atom is -0.388 e. The van der Waals surface area contributed by atoms with Gasteiger partial charge in [0.2, 0.25) is 5.91 Å². The third-order valence-electron chi connectivity index (χ3n) is 8.34. The van der Waals surface area contributed by atoms with Crippen molar-refractivity contribution < 1.29 is 33.7 Å². The quantitative estimate of drug-likeness (QED) is 0.526. The average molecular weight is 600 g/mol. The molecule has 2 aliphatic rings. The van der Waals surface area contributed by atoms with Gasteiger partial charge in [0.15, 0.2) is 0 Å². The summed E-state index contributed by atoms with van der Waals surface area (Å²) in [6, 6.07) is 13.5. The summed E-state index contributed by atoms with van der Waals surface area (Å²) in [7, 11) is 1.39. The van der Waals surface area contributed by atoms with Crippen LogP contribution in [0.25, 0.3) is 0 Å². The number of fused-ring (bicyclic) bond motifs is 1. The molecule has 0 bridgehead atoms. The standard InChI is InChI=1S/C33H46FN3O6/c1-23(2)18-25-19-36(33(41)26-11-5-6-12-27(26)34)20-30(42-3)32(40)29(38)22-43-17-9-8-15-37(25)31(39)21-35-16-14-24-10-4-7-13-28(24)35/h4-7,10-13,23,25,29-30,32,38,40H,8-9,14-22H2,1-3H3/t25-,29-,30-,32-/m1/s1. The van der Waals surface area contributed by atoms with Crippen LogP contribution < -0.4 is 4.90 Å². The maximum Gasteiger partial charge on any atom is 0.256 e. The minimum absolute atomic E-state index is 0.0348. The number of rotatable bonds is 6. The zero-order chi connectivity index (χ0) is 30.9. The zero-order valence-corrected chi connectivity index (χ0v) is 25.5. The highest BCUT2D eigenvalue weighted by Gasteiger charge is 2.35. The van der Waals surface area contributed by atoms with Gasteiger partial charge in [-0.3, -0.25) is 9.59 Å². The summed E-state index contributed by atoms with van der Waals surface area (Å²) in [4.78, 5) is 33.4. The van der Waals surface area contributed by atoms with Crippen LogP contribution >= 0.6 is 0 Å². The molecule has 0 saturated carbocycles. The highest BCUT2D eigenvalue weighted by atomic mass is 19.1. The van der Waals surface area contributed by atoms with Crippen LogP contribution in [0.3, 0.4) is 0 Å². The summed E-state index contributed by atoms with van der Waals surface area (Å²) in [5, 5.41) is 21.5. The lowest BCUT2D eigenvalue weighted by Gasteiger charge is -2.39. The maximum absolute atomic E-state index is 14.9. The smallest absolute Gasteiger partial charge is 0.256 e. The molecular weight excluding hydrogens is 553 g/mol. The predicted octanol–water partition coefficient (Wildman–Crippen LogP) is 3.12. The van der Waals surface area contributed by atoms with E-state index in [1.807, 2.05) is 23.1 Å². The molecule has 9 nitrogen and oxygen atoms in total. The number of carbonyl (C=O) groups excluding carboxylic acids is 2. The number of halogens is 1. The Morgan fingerprint density at radius 3 is 2.53 bits per heavy atom. The average Bonchev–Trinajstić information content (AvgIpc) is 3.39. The molecule has 2 aliphatic heterocycles. The van der Waals surface area contributed by atoms with Crippen molar-refractivity contribution in [2.24, 2.45) is 5.92 Å². The maximum atomic E-state index is 14.9. The van der Waals surface area contributed by atoms with Crippen molar-refractivity contribution >= 4 is 17.5 Å². The fourth-order valence-electron chi connectivity index (χ4n) is 6.06. The number of anilines is 1. The predicted molar refractivity (Wildman–Crippen MR) is 162 cm³/mol. The summed E-state index contributed by atoms with van der Waals surface area (Å²) in [5.41, 5.74) is 2.19. The molecule has 0 unspecified atom stereocenters. The number of aliphatic hydroxyl groups excluding tert-OH is 2. The fraction of sp³-hybridized carbons (Fsp3) is 0.576. The topological polar surface area (TPSA) is 103 Å². The Bertz CT molecular complexity index is 1210. The number of para-hydroxylation sites is 1. The molecule has 2 aromatic carbocycles. The molecule has 1 fully saturated rings. The Morgan fingerprint density at radius 1 is 1.05 bits per heavy atom. The van der Waals surface area contributed by atoms with Gasteiger partial charge in [0, 0.05) is 51.6 Å². The molecule has 2 aromatic rings. The van der Waals surface area contributed by atoms with E-state index in [0.717, 1.165) is 18.7 Å². The van der Waals surface area contributed by atoms with Crippen LogP contribution in [-0.2, 0) is 20.7 Å². The molecule has 0 radical (unpaired) electrons. The molecule has 4 rings (SSSR count). The molecule has 0 spiro atoms. The number of hydrogen-bond donors (Lipinski definition) is 2. The molecule has 10 heteroatoms. The normalized spacial score (nSPS) is 24.1. The van der Waals surface area contributed by atoms with Crippen LogP contribution in [0.5, 0.6) is 0 Å². The number of methoxy groups -OCH3 is 1. The van der Waals surface area contributed by atoms with E-state index in [1.54, 1.807) is 6.07 Å². The third kappa shape index (κ3) is 8.53. The van der Waals surface area contributed by atoms with Gasteiger partial charge in [-0.25, -0.2) is 4.39 Å². The van der Waals surface area contributed by atoms with Crippen molar-refractivity contribution in [2.45, 2.75) is 63.9 Å². The Morgan fingerprint density at radius 2 is 1.79 bits per heavy atom. The molecule has 2 amide bonds. The monoisotopic (exact) mass is 599 g/mol. The molecule has 43 heavy (non-hydrogen) atoms. The number of amides is 2. The van der Waals surface area contributed by atoms with Gasteiger partial charge in [0.25, 0.3) is 5.91 Å². The van der Waals surface area contributed by atoms with E-state index >= 15 is 0 Å². The van der Waals surface area contributed by atoms with Crippen molar-refractivity contribution in [1.29, 1.82) is 0 Å². The lowest BCUT2D eigenvalue weighted by Crippen LogP contribution is -2.55. The van der Waals surface area contributed by atoms with E-state index in [-0.39, 0.29) is 49.7 Å². The Hall–Kier alpha value is -3.05. The van der Waals surface area contributed by atoms with Crippen molar-refractivity contribution in [1.82, 2.24) is 9.80 Å². The number of aliphatic hydroxyl groups is 2. The van der Waals surface area contributed by atoms with E-state index in [0.29, 0.717) is 32.4 Å². The van der Waals surface area contributed by atoms with Gasteiger partial charge in [-0.15, -0.1) is 0 Å². The van der Waals surface area contributed by atoms with Crippen LogP contribution in [-0.4, -0.2) is 109 Å². The van der Waals surface area contributed by atoms with Crippen LogP contribution in [0, 0.1) is 11.7 Å². The van der Waals surface area contributed by atoms with Crippen molar-refractivity contribution in [2.75, 3.05) is 57.9 Å². The van der Waals surface area contributed by atoms with Gasteiger partial charge < -0.3 is 34.4 Å². The van der Waals surface area contributed by atoms with Gasteiger partial charge >= 0.3 is 0 Å². The fourth-order valence-corrected chi connectivity index (χ4v) is 6.06. The first-order valence-corrected chi connectivity index (χ1v) is 15.3. The first-order chi connectivity index (χ1) is 20.7. The summed E-state index contributed by atoms with van der Waals surface area (Å²) >= 11 is 0. The molecular formula is C33H46FN3O6. The molecule has 0 aliphatic carbocycles. The highest BCUT2D eigenvalue weighted by molar-refractivity contribution is 5.94. The largest absolute Gasteiger partial charge is 0.388 e. The zero-order valence-electron chi connectivity index (χ0n) is 25.5. The lowest BCUT2D eigenvalue weighted by molar-refractivity contribution is -0.133. The first-order valence-electron chi connectivity index (χ1n) is 15.3. The second kappa shape index (κ2) is 15.6. The number of benzene rings is 2. The number of nitrogens with zero attached hydrogens (tertiary/aromatic N) is 3. The number of hydrogen-bond acceptors (Lipinski definition) is 7. The van der Waals surface area contributed by atoms with E-state index in [2.05, 4.69) is 24.8 Å². The van der Waals surface area contributed by atoms with E-state index in [4.69, 9.17) is 9.47 Å². The van der Waals surface area contributed by atoms with E-state index < -0.39 is 30.0 Å². The first kappa shape index (κ1) is 32.9. The second-order valence-electron chi connectivity index (χ2n) is 12.0. The van der Waals surface area contributed by atoms with Crippen molar-refractivity contribution in [3.8, 4) is 0 Å². The molecule has 4 atom stereocenters. The number of ether oxygens (including phenoxy) is 2. The number of carbonyl (C=O) groups is 2. The SMILES string of the molecule is CO[C@@H]1CN(C(=O)c2ccccc2F)C[C@@H](CC(C)C)N(C(=O)CN2CCc3ccccc32)CCCCOC[C@@H](O)[C@H]1O. The molecule has 1 saturated heterocycles. The lowest BCUT2D eigenvalue weighted by atomic mass is 9.99. The summed E-state index contributed by atoms with van der Waals surface area (Å²) in [6.45, 7) is 5.86. The molecule has 2 N–H and O–H groups in total. The van der Waals surface area contributed by atoms with Gasteiger partial charge in [0.1, 0.15) is 24.1 Å². The van der Waals surface area contributed by atoms with Gasteiger partial charge in [-0.05, 0) is 55.4 Å². The minimum atomic E-state index is -1.35.